The van der Waals surface area contributed by atoms with Crippen LogP contribution in [-0.4, -0.2) is 46.1 Å². The van der Waals surface area contributed by atoms with Gasteiger partial charge in [-0.15, -0.1) is 0 Å². The van der Waals surface area contributed by atoms with Crippen molar-refractivity contribution in [1.82, 2.24) is 15.2 Å². The Morgan fingerprint density at radius 2 is 2.09 bits per heavy atom. The molecule has 3 aliphatic heterocycles. The molecule has 35 heavy (non-hydrogen) atoms. The second-order valence-corrected chi connectivity index (χ2v) is 8.79. The number of fused-ring (bicyclic) bond motifs is 3. The van der Waals surface area contributed by atoms with Crippen molar-refractivity contribution in [2.45, 2.75) is 18.9 Å². The van der Waals surface area contributed by atoms with Crippen molar-refractivity contribution in [3.05, 3.63) is 106 Å². The molecule has 0 spiro atoms. The van der Waals surface area contributed by atoms with Gasteiger partial charge in [-0.2, -0.15) is 0 Å². The van der Waals surface area contributed by atoms with Crippen LogP contribution in [0.5, 0.6) is 5.75 Å². The van der Waals surface area contributed by atoms with Crippen LogP contribution >= 0.6 is 0 Å². The van der Waals surface area contributed by atoms with E-state index in [1.165, 1.54) is 29.5 Å². The van der Waals surface area contributed by atoms with E-state index in [9.17, 15) is 9.59 Å². The van der Waals surface area contributed by atoms with E-state index >= 15 is 0 Å². The van der Waals surface area contributed by atoms with E-state index in [0.717, 1.165) is 41.1 Å². The molecule has 0 fully saturated rings. The van der Waals surface area contributed by atoms with Crippen molar-refractivity contribution in [1.29, 1.82) is 0 Å². The average Bonchev–Trinajstić information content (AvgIpc) is 3.51. The monoisotopic (exact) mass is 465 g/mol. The largest absolute Gasteiger partial charge is 0.493 e. The number of nitrogens with zero attached hydrogens (tertiary/aromatic N) is 2. The smallest absolute Gasteiger partial charge is 0.337 e. The molecule has 0 unspecified atom stereocenters. The van der Waals surface area contributed by atoms with Gasteiger partial charge in [-0.25, -0.2) is 4.79 Å². The Balaban J connectivity index is 1.38. The first-order chi connectivity index (χ1) is 17.1. The quantitative estimate of drug-likeness (QED) is 0.669. The molecule has 4 heterocycles. The molecule has 0 saturated heterocycles. The minimum absolute atomic E-state index is 0.106. The Labute approximate surface area is 202 Å². The van der Waals surface area contributed by atoms with Gasteiger partial charge in [-0.3, -0.25) is 9.78 Å². The number of hydrogen-bond donors (Lipinski definition) is 2. The van der Waals surface area contributed by atoms with Crippen LogP contribution in [0.2, 0.25) is 0 Å². The molecule has 0 bridgehead atoms. The van der Waals surface area contributed by atoms with Crippen LogP contribution in [0.15, 0.2) is 83.8 Å². The Morgan fingerprint density at radius 1 is 1.17 bits per heavy atom. The van der Waals surface area contributed by atoms with Gasteiger partial charge in [0.25, 0.3) is 5.91 Å². The van der Waals surface area contributed by atoms with Gasteiger partial charge >= 0.3 is 5.97 Å². The van der Waals surface area contributed by atoms with Crippen LogP contribution in [-0.2, 0) is 11.2 Å². The fourth-order valence-electron chi connectivity index (χ4n) is 5.03. The molecule has 1 amide bonds. The van der Waals surface area contributed by atoms with Crippen LogP contribution in [0.25, 0.3) is 11.8 Å². The number of aromatic nitrogens is 1. The van der Waals surface area contributed by atoms with Crippen LogP contribution < -0.4 is 10.1 Å². The van der Waals surface area contributed by atoms with Gasteiger partial charge in [-0.1, -0.05) is 24.3 Å². The Kier molecular flexibility index (Phi) is 5.10. The summed E-state index contributed by atoms with van der Waals surface area (Å²) in [5.74, 6) is -0.283. The first-order valence-corrected chi connectivity index (χ1v) is 11.6. The second kappa shape index (κ2) is 8.43. The summed E-state index contributed by atoms with van der Waals surface area (Å²) in [5, 5.41) is 12.7. The summed E-state index contributed by atoms with van der Waals surface area (Å²) in [5.41, 5.74) is 7.13. The summed E-state index contributed by atoms with van der Waals surface area (Å²) in [6, 6.07) is 9.31. The summed E-state index contributed by atoms with van der Waals surface area (Å²) in [4.78, 5) is 30.5. The molecule has 6 rings (SSSR count). The average molecular weight is 466 g/mol. The van der Waals surface area contributed by atoms with Crippen molar-refractivity contribution < 1.29 is 19.4 Å². The number of carbonyl (C=O) groups is 2. The van der Waals surface area contributed by atoms with Gasteiger partial charge < -0.3 is 20.1 Å². The number of hydrogen-bond acceptors (Lipinski definition) is 5. The zero-order valence-corrected chi connectivity index (χ0v) is 18.9. The molecule has 1 aliphatic carbocycles. The lowest BCUT2D eigenvalue weighted by molar-refractivity contribution is -0.123. The van der Waals surface area contributed by atoms with Crippen LogP contribution in [0.3, 0.4) is 0 Å². The van der Waals surface area contributed by atoms with Gasteiger partial charge in [0.15, 0.2) is 0 Å². The normalized spacial score (nSPS) is 20.0. The van der Waals surface area contributed by atoms with Crippen molar-refractivity contribution in [2.24, 2.45) is 0 Å². The van der Waals surface area contributed by atoms with E-state index in [1.807, 2.05) is 23.1 Å². The van der Waals surface area contributed by atoms with Gasteiger partial charge in [0, 0.05) is 30.8 Å². The number of pyridine rings is 1. The molecule has 1 aromatic heterocycles. The minimum atomic E-state index is -1.03. The molecule has 1 aromatic carbocycles. The number of carboxylic acid groups (broad SMARTS) is 1. The number of allylic oxidation sites excluding steroid dienone is 3. The molecule has 0 radical (unpaired) electrons. The van der Waals surface area contributed by atoms with Crippen LogP contribution in [0, 0.1) is 0 Å². The second-order valence-electron chi connectivity index (χ2n) is 8.79. The van der Waals surface area contributed by atoms with Gasteiger partial charge in [-0.05, 0) is 59.5 Å². The van der Waals surface area contributed by atoms with E-state index in [2.05, 4.69) is 34.6 Å². The van der Waals surface area contributed by atoms with Gasteiger partial charge in [0.1, 0.15) is 5.75 Å². The Hall–Kier alpha value is -4.39. The highest BCUT2D eigenvalue weighted by atomic mass is 16.5. The summed E-state index contributed by atoms with van der Waals surface area (Å²) >= 11 is 0. The molecular weight excluding hydrogens is 442 g/mol. The fraction of sp³-hybridized carbons (Fsp3) is 0.179. The Bertz CT molecular complexity index is 1400. The lowest BCUT2D eigenvalue weighted by Gasteiger charge is -2.32. The number of nitrogens with one attached hydrogen (secondary N) is 1. The zero-order valence-electron chi connectivity index (χ0n) is 18.9. The van der Waals surface area contributed by atoms with E-state index in [4.69, 9.17) is 9.84 Å². The number of ether oxygens (including phenoxy) is 1. The third kappa shape index (κ3) is 3.75. The maximum absolute atomic E-state index is 13.5. The fourth-order valence-corrected chi connectivity index (χ4v) is 5.03. The highest BCUT2D eigenvalue weighted by molar-refractivity contribution is 5.99. The molecule has 174 valence electrons. The van der Waals surface area contributed by atoms with Crippen molar-refractivity contribution in [3.63, 3.8) is 0 Å². The summed E-state index contributed by atoms with van der Waals surface area (Å²) < 4.78 is 5.69. The maximum Gasteiger partial charge on any atom is 0.337 e. The van der Waals surface area contributed by atoms with Crippen molar-refractivity contribution >= 4 is 23.6 Å². The minimum Gasteiger partial charge on any atom is -0.493 e. The Morgan fingerprint density at radius 3 is 2.91 bits per heavy atom. The van der Waals surface area contributed by atoms with Gasteiger partial charge in [0.2, 0.25) is 0 Å². The number of benzene rings is 1. The number of amides is 1. The third-order valence-corrected chi connectivity index (χ3v) is 6.73. The standard InChI is InChI=1S/C28H23N3O4/c32-25(10-8-20-7-5-19(16-29-20)28(33)34)31-13-11-22-21-3-1-2-4-23(21)30-26(22)27(31)18-6-9-24-17(15-18)12-14-35-24/h1-10,15-16,23,30H,11-14H2,(H,33,34)/b10-8+/t23-/m1/s1. The van der Waals surface area contributed by atoms with Crippen LogP contribution in [0.4, 0.5) is 0 Å². The number of carbonyl (C=O) groups excluding carboxylic acids is 1. The first-order valence-electron chi connectivity index (χ1n) is 11.6. The summed E-state index contributed by atoms with van der Waals surface area (Å²) in [7, 11) is 0. The summed E-state index contributed by atoms with van der Waals surface area (Å²) in [6.07, 6.45) is 14.4. The van der Waals surface area contributed by atoms with E-state index < -0.39 is 5.97 Å². The highest BCUT2D eigenvalue weighted by Gasteiger charge is 2.36. The van der Waals surface area contributed by atoms with Gasteiger partial charge in [0.05, 0.1) is 35.3 Å². The molecule has 4 aliphatic rings. The topological polar surface area (TPSA) is 91.8 Å². The predicted molar refractivity (Wildman–Crippen MR) is 131 cm³/mol. The number of rotatable bonds is 4. The summed E-state index contributed by atoms with van der Waals surface area (Å²) in [6.45, 7) is 1.24. The maximum atomic E-state index is 13.5. The van der Waals surface area contributed by atoms with E-state index in [1.54, 1.807) is 12.1 Å². The van der Waals surface area contributed by atoms with Crippen molar-refractivity contribution in [2.75, 3.05) is 13.2 Å². The molecule has 7 heteroatoms. The molecule has 7 nitrogen and oxygen atoms in total. The zero-order chi connectivity index (χ0) is 23.9. The number of aromatic carboxylic acids is 1. The first kappa shape index (κ1) is 21.2. The molecule has 2 N–H and O–H groups in total. The SMILES string of the molecule is O=C(O)c1ccc(/C=C/C(=O)N2CCC3=C4C=CC=C[C@H]4NC3=C2c2ccc3c(c2)CCO3)nc1. The molecular formula is C28H23N3O4. The predicted octanol–water partition coefficient (Wildman–Crippen LogP) is 3.72. The molecule has 1 atom stereocenters. The third-order valence-electron chi connectivity index (χ3n) is 6.73. The van der Waals surface area contributed by atoms with E-state index in [-0.39, 0.29) is 17.5 Å². The number of carboxylic acids is 1. The molecule has 2 aromatic rings. The lowest BCUT2D eigenvalue weighted by atomic mass is 9.93. The van der Waals surface area contributed by atoms with E-state index in [0.29, 0.717) is 18.8 Å². The molecule has 0 saturated carbocycles. The van der Waals surface area contributed by atoms with Crippen molar-refractivity contribution in [3.8, 4) is 5.75 Å². The van der Waals surface area contributed by atoms with Crippen LogP contribution in [0.1, 0.15) is 33.6 Å². The highest BCUT2D eigenvalue weighted by Crippen LogP contribution is 2.41. The lowest BCUT2D eigenvalue weighted by Crippen LogP contribution is -2.35.